The maximum atomic E-state index is 12.7. The van der Waals surface area contributed by atoms with Gasteiger partial charge >= 0.3 is 0 Å². The predicted molar refractivity (Wildman–Crippen MR) is 88.1 cm³/mol. The van der Waals surface area contributed by atoms with Crippen molar-refractivity contribution in [2.45, 2.75) is 6.92 Å². The minimum absolute atomic E-state index is 0.0918. The van der Waals surface area contributed by atoms with Crippen molar-refractivity contribution in [3.05, 3.63) is 66.2 Å². The average Bonchev–Trinajstić information content (AvgIpc) is 2.50. The molecule has 0 aromatic heterocycles. The van der Waals surface area contributed by atoms with Crippen molar-refractivity contribution >= 4 is 28.2 Å². The molecule has 0 amide bonds. The van der Waals surface area contributed by atoms with Gasteiger partial charge < -0.3 is 4.74 Å². The van der Waals surface area contributed by atoms with Crippen LogP contribution in [0.2, 0.25) is 0 Å². The fraction of sp³-hybridized carbons (Fsp3) is 0.167. The second kappa shape index (κ2) is 6.59. The molecule has 0 spiro atoms. The number of carbonyl (C=O) groups is 1. The van der Waals surface area contributed by atoms with Gasteiger partial charge in [-0.15, -0.1) is 0 Å². The largest absolute Gasteiger partial charge is 0.489 e. The van der Waals surface area contributed by atoms with E-state index in [0.717, 1.165) is 10.8 Å². The van der Waals surface area contributed by atoms with E-state index in [9.17, 15) is 4.79 Å². The highest BCUT2D eigenvalue weighted by molar-refractivity contribution is 6.32. The Balaban J connectivity index is 2.62. The van der Waals surface area contributed by atoms with Crippen molar-refractivity contribution in [3.8, 4) is 5.75 Å². The van der Waals surface area contributed by atoms with Crippen molar-refractivity contribution in [1.29, 1.82) is 0 Å². The zero-order chi connectivity index (χ0) is 15.4. The summed E-state index contributed by atoms with van der Waals surface area (Å²) in [7, 11) is 0. The molecule has 108 valence electrons. The summed E-state index contributed by atoms with van der Waals surface area (Å²) < 4.78 is 5.63. The summed E-state index contributed by atoms with van der Waals surface area (Å²) in [5.74, 6) is -0.0159. The molecule has 0 heterocycles. The molecule has 2 aromatic carbocycles. The van der Waals surface area contributed by atoms with Gasteiger partial charge in [0.2, 0.25) is 0 Å². The van der Waals surface area contributed by atoms with Crippen LogP contribution in [0.3, 0.4) is 0 Å². The van der Waals surface area contributed by atoms with Crippen LogP contribution in [0.25, 0.3) is 10.8 Å². The van der Waals surface area contributed by atoms with Crippen molar-refractivity contribution in [2.75, 3.05) is 6.61 Å². The predicted octanol–water partition coefficient (Wildman–Crippen LogP) is 4.98. The van der Waals surface area contributed by atoms with E-state index >= 15 is 0 Å². The number of hydrogen-bond donors (Lipinski definition) is 0. The highest BCUT2D eigenvalue weighted by atomic mass is 35.5. The molecule has 0 saturated heterocycles. The number of Topliss-reactive ketones (excluding diaryl/α,β-unsaturated/α-hetero) is 1. The van der Waals surface area contributed by atoms with Gasteiger partial charge in [0.1, 0.15) is 12.4 Å². The Morgan fingerprint density at radius 1 is 1.33 bits per heavy atom. The van der Waals surface area contributed by atoms with Crippen LogP contribution < -0.4 is 4.74 Å². The fourth-order valence-corrected chi connectivity index (χ4v) is 2.23. The lowest BCUT2D eigenvalue weighted by atomic mass is 9.93. The third kappa shape index (κ3) is 3.17. The third-order valence-electron chi connectivity index (χ3n) is 3.36. The SMILES string of the molecule is C=CCOc1ccc2ccccc2c1C(=O)C(C)C(=C)Cl. The molecule has 0 radical (unpaired) electrons. The number of carbonyl (C=O) groups excluding carboxylic acids is 1. The van der Waals surface area contributed by atoms with E-state index in [1.54, 1.807) is 13.0 Å². The Hall–Kier alpha value is -2.06. The number of fused-ring (bicyclic) bond motifs is 1. The molecule has 1 atom stereocenters. The molecule has 21 heavy (non-hydrogen) atoms. The van der Waals surface area contributed by atoms with E-state index in [0.29, 0.717) is 23.0 Å². The molecular formula is C18H17ClO2. The molecule has 0 N–H and O–H groups in total. The highest BCUT2D eigenvalue weighted by Crippen LogP contribution is 2.32. The van der Waals surface area contributed by atoms with E-state index in [-0.39, 0.29) is 5.78 Å². The summed E-state index contributed by atoms with van der Waals surface area (Å²) in [6, 6.07) is 11.4. The van der Waals surface area contributed by atoms with Crippen molar-refractivity contribution in [2.24, 2.45) is 5.92 Å². The number of hydrogen-bond acceptors (Lipinski definition) is 2. The number of halogens is 1. The maximum absolute atomic E-state index is 12.7. The number of benzene rings is 2. The monoisotopic (exact) mass is 300 g/mol. The first kappa shape index (κ1) is 15.3. The van der Waals surface area contributed by atoms with Gasteiger partial charge in [0.15, 0.2) is 5.78 Å². The van der Waals surface area contributed by atoms with Gasteiger partial charge in [-0.05, 0) is 16.8 Å². The lowest BCUT2D eigenvalue weighted by Crippen LogP contribution is -2.13. The lowest BCUT2D eigenvalue weighted by Gasteiger charge is -2.15. The van der Waals surface area contributed by atoms with Gasteiger partial charge in [-0.25, -0.2) is 0 Å². The van der Waals surface area contributed by atoms with Gasteiger partial charge in [0.25, 0.3) is 0 Å². The summed E-state index contributed by atoms with van der Waals surface area (Å²) in [4.78, 5) is 12.7. The van der Waals surface area contributed by atoms with Crippen LogP contribution in [-0.4, -0.2) is 12.4 Å². The number of ketones is 1. The smallest absolute Gasteiger partial charge is 0.175 e. The molecule has 2 rings (SSSR count). The minimum atomic E-state index is -0.469. The topological polar surface area (TPSA) is 26.3 Å². The van der Waals surface area contributed by atoms with E-state index in [1.807, 2.05) is 36.4 Å². The summed E-state index contributed by atoms with van der Waals surface area (Å²) in [5.41, 5.74) is 0.546. The molecule has 2 aromatic rings. The molecule has 0 aliphatic carbocycles. The number of allylic oxidation sites excluding steroid dienone is 1. The first-order chi connectivity index (χ1) is 10.1. The van der Waals surface area contributed by atoms with E-state index in [2.05, 4.69) is 13.2 Å². The first-order valence-corrected chi connectivity index (χ1v) is 7.08. The van der Waals surface area contributed by atoms with Crippen LogP contribution in [0.1, 0.15) is 17.3 Å². The molecule has 0 aliphatic heterocycles. The molecule has 0 bridgehead atoms. The Labute approximate surface area is 129 Å². The van der Waals surface area contributed by atoms with Crippen LogP contribution in [0.4, 0.5) is 0 Å². The van der Waals surface area contributed by atoms with Gasteiger partial charge in [0.05, 0.1) is 11.5 Å². The summed E-state index contributed by atoms with van der Waals surface area (Å²) in [5, 5.41) is 2.16. The average molecular weight is 301 g/mol. The molecule has 0 saturated carbocycles. The molecule has 3 heteroatoms. The Morgan fingerprint density at radius 2 is 2.05 bits per heavy atom. The zero-order valence-corrected chi connectivity index (χ0v) is 12.7. The van der Waals surface area contributed by atoms with Gasteiger partial charge in [-0.2, -0.15) is 0 Å². The maximum Gasteiger partial charge on any atom is 0.175 e. The quantitative estimate of drug-likeness (QED) is 0.556. The Morgan fingerprint density at radius 3 is 2.71 bits per heavy atom. The molecule has 0 aliphatic rings. The second-order valence-electron chi connectivity index (χ2n) is 4.79. The lowest BCUT2D eigenvalue weighted by molar-refractivity contribution is 0.0949. The summed E-state index contributed by atoms with van der Waals surface area (Å²) in [6.45, 7) is 9.38. The van der Waals surface area contributed by atoms with E-state index < -0.39 is 5.92 Å². The van der Waals surface area contributed by atoms with Crippen LogP contribution in [0.5, 0.6) is 5.75 Å². The van der Waals surface area contributed by atoms with Crippen LogP contribution in [-0.2, 0) is 0 Å². The minimum Gasteiger partial charge on any atom is -0.489 e. The standard InChI is InChI=1S/C18H17ClO2/c1-4-11-21-16-10-9-14-7-5-6-8-15(14)17(16)18(20)12(2)13(3)19/h4-10,12H,1,3,11H2,2H3. The van der Waals surface area contributed by atoms with Crippen molar-refractivity contribution in [3.63, 3.8) is 0 Å². The third-order valence-corrected chi connectivity index (χ3v) is 3.68. The van der Waals surface area contributed by atoms with Crippen molar-refractivity contribution < 1.29 is 9.53 Å². The first-order valence-electron chi connectivity index (χ1n) is 6.70. The van der Waals surface area contributed by atoms with Crippen molar-refractivity contribution in [1.82, 2.24) is 0 Å². The second-order valence-corrected chi connectivity index (χ2v) is 5.28. The van der Waals surface area contributed by atoms with Gasteiger partial charge in [-0.3, -0.25) is 4.79 Å². The van der Waals surface area contributed by atoms with Gasteiger partial charge in [0, 0.05) is 5.03 Å². The number of rotatable bonds is 6. The van der Waals surface area contributed by atoms with Crippen LogP contribution in [0.15, 0.2) is 60.7 Å². The van der Waals surface area contributed by atoms with Crippen LogP contribution >= 0.6 is 11.6 Å². The van der Waals surface area contributed by atoms with E-state index in [1.165, 1.54) is 0 Å². The highest BCUT2D eigenvalue weighted by Gasteiger charge is 2.23. The Bertz CT molecular complexity index is 703. The molecule has 1 unspecified atom stereocenters. The fourth-order valence-electron chi connectivity index (χ4n) is 2.13. The van der Waals surface area contributed by atoms with Gasteiger partial charge in [-0.1, -0.05) is 68.1 Å². The molecule has 0 fully saturated rings. The molecule has 2 nitrogen and oxygen atoms in total. The number of ether oxygens (including phenoxy) is 1. The van der Waals surface area contributed by atoms with Crippen LogP contribution in [0, 0.1) is 5.92 Å². The summed E-state index contributed by atoms with van der Waals surface area (Å²) >= 11 is 5.91. The van der Waals surface area contributed by atoms with E-state index in [4.69, 9.17) is 16.3 Å². The Kier molecular flexibility index (Phi) is 4.81. The zero-order valence-electron chi connectivity index (χ0n) is 11.9. The normalized spacial score (nSPS) is 11.9. The summed E-state index contributed by atoms with van der Waals surface area (Å²) in [6.07, 6.45) is 1.65. The molecular weight excluding hydrogens is 284 g/mol.